The molecule has 2 rings (SSSR count). The van der Waals surface area contributed by atoms with Gasteiger partial charge in [-0.1, -0.05) is 24.6 Å². The Kier molecular flexibility index (Phi) is 5.65. The van der Waals surface area contributed by atoms with Crippen LogP contribution >= 0.6 is 0 Å². The van der Waals surface area contributed by atoms with E-state index in [-0.39, 0.29) is 5.41 Å². The highest BCUT2D eigenvalue weighted by molar-refractivity contribution is 5.54. The topological polar surface area (TPSA) is 24.5 Å². The summed E-state index contributed by atoms with van der Waals surface area (Å²) in [5.74, 6) is 0. The van der Waals surface area contributed by atoms with Crippen LogP contribution in [0.2, 0.25) is 0 Å². The lowest BCUT2D eigenvalue weighted by Crippen LogP contribution is -2.48. The molecule has 1 aromatic carbocycles. The average molecular weight is 290 g/mol. The summed E-state index contributed by atoms with van der Waals surface area (Å²) in [6.07, 6.45) is 2.42. The van der Waals surface area contributed by atoms with Crippen molar-refractivity contribution in [1.29, 1.82) is 0 Å². The van der Waals surface area contributed by atoms with Crippen molar-refractivity contribution in [2.45, 2.75) is 33.6 Å². The fourth-order valence-corrected chi connectivity index (χ4v) is 3.44. The molecular formula is C18H30N2O. The average Bonchev–Trinajstić information content (AvgIpc) is 2.46. The van der Waals surface area contributed by atoms with Crippen LogP contribution in [0.1, 0.15) is 30.9 Å². The van der Waals surface area contributed by atoms with E-state index >= 15 is 0 Å². The normalized spacial score (nSPS) is 22.3. The number of nitrogens with one attached hydrogen (secondary N) is 1. The molecule has 0 saturated carbocycles. The first kappa shape index (κ1) is 16.3. The number of anilines is 1. The van der Waals surface area contributed by atoms with Crippen molar-refractivity contribution < 1.29 is 4.74 Å². The molecular weight excluding hydrogens is 260 g/mol. The largest absolute Gasteiger partial charge is 0.381 e. The molecule has 21 heavy (non-hydrogen) atoms. The van der Waals surface area contributed by atoms with Crippen molar-refractivity contribution in [3.63, 3.8) is 0 Å². The van der Waals surface area contributed by atoms with E-state index in [4.69, 9.17) is 4.74 Å². The highest BCUT2D eigenvalue weighted by atomic mass is 16.5. The van der Waals surface area contributed by atoms with E-state index in [1.165, 1.54) is 29.7 Å². The second-order valence-corrected chi connectivity index (χ2v) is 6.58. The van der Waals surface area contributed by atoms with Crippen LogP contribution < -0.4 is 10.2 Å². The third kappa shape index (κ3) is 4.21. The molecule has 1 N–H and O–H groups in total. The van der Waals surface area contributed by atoms with Crippen LogP contribution in [0.3, 0.4) is 0 Å². The zero-order valence-electron chi connectivity index (χ0n) is 14.0. The first-order chi connectivity index (χ1) is 10.1. The van der Waals surface area contributed by atoms with E-state index in [1.807, 2.05) is 0 Å². The first-order valence-electron chi connectivity index (χ1n) is 8.13. The molecule has 0 aliphatic carbocycles. The summed E-state index contributed by atoms with van der Waals surface area (Å²) in [6, 6.07) is 6.71. The van der Waals surface area contributed by atoms with Gasteiger partial charge in [-0.2, -0.15) is 0 Å². The van der Waals surface area contributed by atoms with E-state index in [0.717, 1.165) is 32.8 Å². The minimum Gasteiger partial charge on any atom is -0.381 e. The Hall–Kier alpha value is -1.06. The van der Waals surface area contributed by atoms with Gasteiger partial charge in [0.1, 0.15) is 0 Å². The molecule has 0 radical (unpaired) electrons. The van der Waals surface area contributed by atoms with Gasteiger partial charge in [-0.05, 0) is 44.9 Å². The number of rotatable bonds is 6. The lowest BCUT2D eigenvalue weighted by Gasteiger charge is -2.41. The molecule has 1 aliphatic heterocycles. The number of aryl methyl sites for hydroxylation is 2. The third-order valence-corrected chi connectivity index (χ3v) is 4.49. The summed E-state index contributed by atoms with van der Waals surface area (Å²) in [4.78, 5) is 2.40. The van der Waals surface area contributed by atoms with Gasteiger partial charge >= 0.3 is 0 Å². The Morgan fingerprint density at radius 2 is 2.14 bits per heavy atom. The summed E-state index contributed by atoms with van der Waals surface area (Å²) in [5.41, 5.74) is 4.25. The van der Waals surface area contributed by atoms with Gasteiger partial charge in [0.15, 0.2) is 0 Å². The summed E-state index contributed by atoms with van der Waals surface area (Å²) in [5, 5.41) is 3.53. The summed E-state index contributed by atoms with van der Waals surface area (Å²) in [7, 11) is 2.21. The Bertz CT molecular complexity index is 453. The van der Waals surface area contributed by atoms with Crippen LogP contribution in [0.25, 0.3) is 0 Å². The first-order valence-corrected chi connectivity index (χ1v) is 8.13. The summed E-state index contributed by atoms with van der Waals surface area (Å²) in [6.45, 7) is 11.4. The second-order valence-electron chi connectivity index (χ2n) is 6.58. The van der Waals surface area contributed by atoms with Crippen LogP contribution in [0.5, 0.6) is 0 Å². The van der Waals surface area contributed by atoms with E-state index < -0.39 is 0 Å². The van der Waals surface area contributed by atoms with E-state index in [0.29, 0.717) is 0 Å². The molecule has 3 nitrogen and oxygen atoms in total. The van der Waals surface area contributed by atoms with Gasteiger partial charge in [0.2, 0.25) is 0 Å². The van der Waals surface area contributed by atoms with Gasteiger partial charge in [-0.25, -0.2) is 0 Å². The van der Waals surface area contributed by atoms with Gasteiger partial charge < -0.3 is 15.0 Å². The highest BCUT2D eigenvalue weighted by Crippen LogP contribution is 2.31. The van der Waals surface area contributed by atoms with Crippen molar-refractivity contribution in [3.8, 4) is 0 Å². The van der Waals surface area contributed by atoms with Crippen LogP contribution in [-0.2, 0) is 4.74 Å². The van der Waals surface area contributed by atoms with Crippen molar-refractivity contribution in [3.05, 3.63) is 29.3 Å². The molecule has 0 spiro atoms. The fraction of sp³-hybridized carbons (Fsp3) is 0.667. The third-order valence-electron chi connectivity index (χ3n) is 4.49. The van der Waals surface area contributed by atoms with Crippen molar-refractivity contribution in [2.75, 3.05) is 44.8 Å². The van der Waals surface area contributed by atoms with Crippen molar-refractivity contribution >= 4 is 5.69 Å². The standard InChI is InChI=1S/C18H30N2O/c1-5-19-12-18(9-6-10-21-14-18)13-20(4)17-8-7-15(2)11-16(17)3/h7-8,11,19H,5-6,9-10,12-14H2,1-4H3. The number of benzene rings is 1. The molecule has 0 aromatic heterocycles. The molecule has 0 bridgehead atoms. The maximum Gasteiger partial charge on any atom is 0.0551 e. The zero-order valence-corrected chi connectivity index (χ0v) is 14.0. The van der Waals surface area contributed by atoms with Gasteiger partial charge in [0, 0.05) is 37.8 Å². The Balaban J connectivity index is 2.11. The van der Waals surface area contributed by atoms with Crippen LogP contribution in [0, 0.1) is 19.3 Å². The predicted octanol–water partition coefficient (Wildman–Crippen LogP) is 3.15. The fourth-order valence-electron chi connectivity index (χ4n) is 3.44. The summed E-state index contributed by atoms with van der Waals surface area (Å²) >= 11 is 0. The molecule has 1 unspecified atom stereocenters. The minimum atomic E-state index is 0.236. The molecule has 1 fully saturated rings. The highest BCUT2D eigenvalue weighted by Gasteiger charge is 2.34. The molecule has 1 atom stereocenters. The lowest BCUT2D eigenvalue weighted by molar-refractivity contribution is -0.00249. The summed E-state index contributed by atoms with van der Waals surface area (Å²) < 4.78 is 5.80. The number of nitrogens with zero attached hydrogens (tertiary/aromatic N) is 1. The SMILES string of the molecule is CCNCC1(CN(C)c2ccc(C)cc2C)CCCOC1. The maximum absolute atomic E-state index is 5.80. The van der Waals surface area contributed by atoms with Crippen molar-refractivity contribution in [1.82, 2.24) is 5.32 Å². The molecule has 1 saturated heterocycles. The molecule has 3 heteroatoms. The maximum atomic E-state index is 5.80. The Morgan fingerprint density at radius 3 is 2.76 bits per heavy atom. The van der Waals surface area contributed by atoms with Crippen LogP contribution in [-0.4, -0.2) is 39.9 Å². The monoisotopic (exact) mass is 290 g/mol. The minimum absolute atomic E-state index is 0.236. The van der Waals surface area contributed by atoms with Gasteiger partial charge in [0.05, 0.1) is 6.61 Å². The second kappa shape index (κ2) is 7.28. The number of hydrogen-bond acceptors (Lipinski definition) is 3. The van der Waals surface area contributed by atoms with E-state index in [1.54, 1.807) is 0 Å². The Labute approximate surface area is 129 Å². The van der Waals surface area contributed by atoms with Crippen LogP contribution in [0.15, 0.2) is 18.2 Å². The Morgan fingerprint density at radius 1 is 1.33 bits per heavy atom. The predicted molar refractivity (Wildman–Crippen MR) is 90.2 cm³/mol. The molecule has 0 amide bonds. The molecule has 1 heterocycles. The van der Waals surface area contributed by atoms with Gasteiger partial charge in [0.25, 0.3) is 0 Å². The molecule has 1 aliphatic rings. The van der Waals surface area contributed by atoms with Crippen molar-refractivity contribution in [2.24, 2.45) is 5.41 Å². The zero-order chi connectivity index (χ0) is 15.3. The lowest BCUT2D eigenvalue weighted by atomic mass is 9.81. The number of hydrogen-bond donors (Lipinski definition) is 1. The molecule has 118 valence electrons. The quantitative estimate of drug-likeness (QED) is 0.871. The van der Waals surface area contributed by atoms with Gasteiger partial charge in [-0.3, -0.25) is 0 Å². The molecule has 1 aromatic rings. The van der Waals surface area contributed by atoms with Crippen LogP contribution in [0.4, 0.5) is 5.69 Å². The smallest absolute Gasteiger partial charge is 0.0551 e. The number of ether oxygens (including phenoxy) is 1. The van der Waals surface area contributed by atoms with Gasteiger partial charge in [-0.15, -0.1) is 0 Å². The van der Waals surface area contributed by atoms with E-state index in [2.05, 4.69) is 56.2 Å². The van der Waals surface area contributed by atoms with E-state index in [9.17, 15) is 0 Å².